The molecule has 1 saturated carbocycles. The van der Waals surface area contributed by atoms with Crippen molar-refractivity contribution in [1.29, 1.82) is 0 Å². The molecule has 0 amide bonds. The van der Waals surface area contributed by atoms with E-state index < -0.39 is 6.10 Å². The summed E-state index contributed by atoms with van der Waals surface area (Å²) in [5, 5.41) is 17.7. The monoisotopic (exact) mass is 329 g/mol. The van der Waals surface area contributed by atoms with Crippen molar-refractivity contribution in [3.8, 4) is 0 Å². The molecule has 1 aromatic rings. The van der Waals surface area contributed by atoms with Crippen molar-refractivity contribution in [2.75, 3.05) is 19.6 Å². The lowest BCUT2D eigenvalue weighted by Gasteiger charge is -2.13. The first kappa shape index (κ1) is 16.4. The average Bonchev–Trinajstić information content (AvgIpc) is 3.24. The van der Waals surface area contributed by atoms with E-state index in [4.69, 9.17) is 23.2 Å². The second kappa shape index (κ2) is 7.87. The molecule has 1 fully saturated rings. The van der Waals surface area contributed by atoms with Crippen molar-refractivity contribution < 1.29 is 5.11 Å². The molecular formula is C15H21Cl2N3O. The molecule has 1 aliphatic carbocycles. The number of hydrogen-bond acceptors (Lipinski definition) is 2. The highest BCUT2D eigenvalue weighted by molar-refractivity contribution is 6.34. The van der Waals surface area contributed by atoms with Crippen molar-refractivity contribution in [2.24, 2.45) is 10.9 Å². The Balaban J connectivity index is 1.94. The summed E-state index contributed by atoms with van der Waals surface area (Å²) in [6, 6.07) is 5.06. The maximum atomic E-state index is 10.2. The zero-order valence-corrected chi connectivity index (χ0v) is 13.6. The second-order valence-corrected chi connectivity index (χ2v) is 6.14. The Labute approximate surface area is 135 Å². The van der Waals surface area contributed by atoms with Gasteiger partial charge in [0, 0.05) is 23.1 Å². The molecule has 1 unspecified atom stereocenters. The van der Waals surface area contributed by atoms with Crippen LogP contribution in [0, 0.1) is 5.92 Å². The summed E-state index contributed by atoms with van der Waals surface area (Å²) in [7, 11) is 0. The van der Waals surface area contributed by atoms with Crippen LogP contribution in [-0.4, -0.2) is 30.7 Å². The highest BCUT2D eigenvalue weighted by Crippen LogP contribution is 2.27. The van der Waals surface area contributed by atoms with Gasteiger partial charge in [-0.2, -0.15) is 0 Å². The molecule has 1 atom stereocenters. The number of aliphatic hydroxyl groups is 1. The van der Waals surface area contributed by atoms with Gasteiger partial charge in [0.15, 0.2) is 5.96 Å². The highest BCUT2D eigenvalue weighted by Gasteiger charge is 2.21. The first-order valence-electron chi connectivity index (χ1n) is 7.24. The largest absolute Gasteiger partial charge is 0.386 e. The molecule has 0 radical (unpaired) electrons. The minimum absolute atomic E-state index is 0.261. The number of halogens is 2. The standard InChI is InChI=1S/C15H21Cl2N3O/c1-2-18-15(19-8-10-3-4-10)20-9-14(21)11-5-12(16)7-13(17)6-11/h5-7,10,14,21H,2-4,8-9H2,1H3,(H2,18,19,20). The molecule has 0 aliphatic heterocycles. The number of nitrogens with one attached hydrogen (secondary N) is 2. The van der Waals surface area contributed by atoms with Gasteiger partial charge in [-0.1, -0.05) is 23.2 Å². The minimum atomic E-state index is -0.724. The molecule has 0 saturated heterocycles. The summed E-state index contributed by atoms with van der Waals surface area (Å²) in [5.74, 6) is 1.50. The van der Waals surface area contributed by atoms with Gasteiger partial charge in [-0.15, -0.1) is 0 Å². The van der Waals surface area contributed by atoms with E-state index in [0.717, 1.165) is 25.0 Å². The maximum absolute atomic E-state index is 10.2. The van der Waals surface area contributed by atoms with E-state index in [-0.39, 0.29) is 6.54 Å². The molecule has 4 nitrogen and oxygen atoms in total. The predicted molar refractivity (Wildman–Crippen MR) is 88.1 cm³/mol. The maximum Gasteiger partial charge on any atom is 0.191 e. The van der Waals surface area contributed by atoms with Crippen molar-refractivity contribution in [1.82, 2.24) is 10.6 Å². The predicted octanol–water partition coefficient (Wildman–Crippen LogP) is 2.99. The molecule has 0 aromatic heterocycles. The fraction of sp³-hybridized carbons (Fsp3) is 0.533. The molecule has 0 spiro atoms. The Morgan fingerprint density at radius 2 is 1.95 bits per heavy atom. The average molecular weight is 330 g/mol. The van der Waals surface area contributed by atoms with E-state index >= 15 is 0 Å². The van der Waals surface area contributed by atoms with Gasteiger partial charge < -0.3 is 15.7 Å². The lowest BCUT2D eigenvalue weighted by Crippen LogP contribution is -2.38. The molecule has 0 heterocycles. The highest BCUT2D eigenvalue weighted by atomic mass is 35.5. The molecule has 1 aliphatic rings. The van der Waals surface area contributed by atoms with E-state index in [0.29, 0.717) is 15.6 Å². The van der Waals surface area contributed by atoms with Gasteiger partial charge >= 0.3 is 0 Å². The van der Waals surface area contributed by atoms with Crippen molar-refractivity contribution >= 4 is 29.2 Å². The molecule has 2 rings (SSSR count). The third-order valence-electron chi connectivity index (χ3n) is 3.29. The van der Waals surface area contributed by atoms with E-state index in [1.165, 1.54) is 12.8 Å². The van der Waals surface area contributed by atoms with Crippen LogP contribution in [0.2, 0.25) is 10.0 Å². The third-order valence-corrected chi connectivity index (χ3v) is 3.73. The summed E-state index contributed by atoms with van der Waals surface area (Å²) in [5.41, 5.74) is 0.675. The van der Waals surface area contributed by atoms with E-state index in [9.17, 15) is 5.11 Å². The molecule has 1 aromatic carbocycles. The lowest BCUT2D eigenvalue weighted by molar-refractivity contribution is 0.187. The zero-order chi connectivity index (χ0) is 15.2. The summed E-state index contributed by atoms with van der Waals surface area (Å²) < 4.78 is 0. The van der Waals surface area contributed by atoms with Crippen LogP contribution < -0.4 is 10.6 Å². The van der Waals surface area contributed by atoms with Crippen LogP contribution in [0.25, 0.3) is 0 Å². The first-order chi connectivity index (χ1) is 10.1. The molecule has 116 valence electrons. The van der Waals surface area contributed by atoms with Gasteiger partial charge in [-0.25, -0.2) is 0 Å². The van der Waals surface area contributed by atoms with Crippen molar-refractivity contribution in [2.45, 2.75) is 25.9 Å². The van der Waals surface area contributed by atoms with Crippen LogP contribution in [0.4, 0.5) is 0 Å². The van der Waals surface area contributed by atoms with Crippen molar-refractivity contribution in [3.05, 3.63) is 33.8 Å². The topological polar surface area (TPSA) is 56.7 Å². The number of aliphatic imine (C=N–C) groups is 1. The van der Waals surface area contributed by atoms with Gasteiger partial charge in [-0.05, 0) is 49.4 Å². The lowest BCUT2D eigenvalue weighted by atomic mass is 10.1. The van der Waals surface area contributed by atoms with Crippen LogP contribution in [0.3, 0.4) is 0 Å². The Kier molecular flexibility index (Phi) is 6.15. The number of guanidine groups is 1. The van der Waals surface area contributed by atoms with Crippen LogP contribution >= 0.6 is 23.2 Å². The Hall–Kier alpha value is -0.970. The molecule has 21 heavy (non-hydrogen) atoms. The first-order valence-corrected chi connectivity index (χ1v) is 8.00. The van der Waals surface area contributed by atoms with Gasteiger partial charge in [-0.3, -0.25) is 4.99 Å². The zero-order valence-electron chi connectivity index (χ0n) is 12.1. The quantitative estimate of drug-likeness (QED) is 0.555. The molecular weight excluding hydrogens is 309 g/mol. The van der Waals surface area contributed by atoms with Crippen LogP contribution in [0.1, 0.15) is 31.4 Å². The number of aliphatic hydroxyl groups excluding tert-OH is 1. The number of nitrogens with zero attached hydrogens (tertiary/aromatic N) is 1. The second-order valence-electron chi connectivity index (χ2n) is 5.26. The summed E-state index contributed by atoms with van der Waals surface area (Å²) in [6.07, 6.45) is 1.85. The Morgan fingerprint density at radius 3 is 2.52 bits per heavy atom. The minimum Gasteiger partial charge on any atom is -0.386 e. The van der Waals surface area contributed by atoms with Gasteiger partial charge in [0.2, 0.25) is 0 Å². The Morgan fingerprint density at radius 1 is 1.29 bits per heavy atom. The van der Waals surface area contributed by atoms with E-state index in [1.54, 1.807) is 18.2 Å². The molecule has 3 N–H and O–H groups in total. The fourth-order valence-electron chi connectivity index (χ4n) is 1.96. The fourth-order valence-corrected chi connectivity index (χ4v) is 2.50. The Bertz CT molecular complexity index is 483. The summed E-state index contributed by atoms with van der Waals surface area (Å²) in [6.45, 7) is 4.00. The van der Waals surface area contributed by atoms with Gasteiger partial charge in [0.05, 0.1) is 12.6 Å². The molecule has 6 heteroatoms. The van der Waals surface area contributed by atoms with Crippen LogP contribution in [-0.2, 0) is 0 Å². The van der Waals surface area contributed by atoms with Crippen LogP contribution in [0.15, 0.2) is 23.2 Å². The van der Waals surface area contributed by atoms with E-state index in [1.807, 2.05) is 6.92 Å². The number of benzene rings is 1. The third kappa shape index (κ3) is 5.73. The van der Waals surface area contributed by atoms with Crippen LogP contribution in [0.5, 0.6) is 0 Å². The van der Waals surface area contributed by atoms with Crippen molar-refractivity contribution in [3.63, 3.8) is 0 Å². The van der Waals surface area contributed by atoms with Gasteiger partial charge in [0.1, 0.15) is 0 Å². The van der Waals surface area contributed by atoms with Gasteiger partial charge in [0.25, 0.3) is 0 Å². The van der Waals surface area contributed by atoms with E-state index in [2.05, 4.69) is 15.6 Å². The molecule has 0 bridgehead atoms. The SMILES string of the molecule is CCNC(=NCC(O)c1cc(Cl)cc(Cl)c1)NCC1CC1. The normalized spacial score (nSPS) is 16.7. The summed E-state index contributed by atoms with van der Waals surface area (Å²) >= 11 is 11.9. The summed E-state index contributed by atoms with van der Waals surface area (Å²) in [4.78, 5) is 4.41. The number of rotatable bonds is 6. The number of hydrogen-bond donors (Lipinski definition) is 3. The smallest absolute Gasteiger partial charge is 0.191 e.